The van der Waals surface area contributed by atoms with Gasteiger partial charge in [0.25, 0.3) is 23.6 Å². The van der Waals surface area contributed by atoms with Crippen LogP contribution in [0.1, 0.15) is 66.2 Å². The van der Waals surface area contributed by atoms with Crippen LogP contribution in [0.4, 0.5) is 9.59 Å². The second-order valence-corrected chi connectivity index (χ2v) is 12.8. The largest absolute Gasteiger partial charge is 0.447 e. The predicted octanol–water partition coefficient (Wildman–Crippen LogP) is -0.327. The molecule has 2 rings (SSSR count). The average molecular weight is 847 g/mol. The Morgan fingerprint density at radius 2 is 0.983 bits per heavy atom. The third-order valence-electron chi connectivity index (χ3n) is 7.82. The van der Waals surface area contributed by atoms with E-state index in [0.717, 1.165) is 46.9 Å². The molecule has 0 aromatic heterocycles. The maximum Gasteiger partial charge on any atom is 0.407 e. The van der Waals surface area contributed by atoms with Gasteiger partial charge in [0.1, 0.15) is 36.7 Å². The van der Waals surface area contributed by atoms with Crippen molar-refractivity contribution >= 4 is 65.2 Å². The highest BCUT2D eigenvalue weighted by Gasteiger charge is 2.26. The van der Waals surface area contributed by atoms with E-state index in [0.29, 0.717) is 19.7 Å². The Morgan fingerprint density at radius 1 is 0.617 bits per heavy atom. The van der Waals surface area contributed by atoms with Crippen molar-refractivity contribution in [3.8, 4) is 0 Å². The molecule has 0 bridgehead atoms. The van der Waals surface area contributed by atoms with E-state index in [1.165, 1.54) is 6.92 Å². The van der Waals surface area contributed by atoms with Crippen LogP contribution < -0.4 is 31.9 Å². The van der Waals surface area contributed by atoms with Crippen LogP contribution >= 0.6 is 0 Å². The van der Waals surface area contributed by atoms with Crippen molar-refractivity contribution in [2.75, 3.05) is 46.0 Å². The van der Waals surface area contributed by atoms with Gasteiger partial charge in [-0.25, -0.2) is 9.59 Å². The molecule has 0 unspecified atom stereocenters. The van der Waals surface area contributed by atoms with E-state index in [9.17, 15) is 52.7 Å². The number of ketones is 1. The molecule has 60 heavy (non-hydrogen) atoms. The molecule has 0 aromatic rings. The summed E-state index contributed by atoms with van der Waals surface area (Å²) in [7, 11) is 0. The van der Waals surface area contributed by atoms with Crippen molar-refractivity contribution in [1.29, 1.82) is 0 Å². The maximum absolute atomic E-state index is 12.3. The third kappa shape index (κ3) is 21.2. The van der Waals surface area contributed by atoms with Crippen LogP contribution in [0.2, 0.25) is 0 Å². The molecule has 0 radical (unpaired) electrons. The number of rotatable bonds is 25. The van der Waals surface area contributed by atoms with Crippen LogP contribution in [-0.4, -0.2) is 127 Å². The summed E-state index contributed by atoms with van der Waals surface area (Å²) in [5.41, 5.74) is 0. The lowest BCUT2D eigenvalue weighted by Gasteiger charge is -2.18. The molecule has 330 valence electrons. The zero-order valence-electron chi connectivity index (χ0n) is 34.2. The first-order chi connectivity index (χ1) is 28.4. The summed E-state index contributed by atoms with van der Waals surface area (Å²) in [6, 6.07) is 0. The summed E-state index contributed by atoms with van der Waals surface area (Å²) >= 11 is 0. The molecule has 22 nitrogen and oxygen atoms in total. The lowest BCUT2D eigenvalue weighted by Crippen LogP contribution is -2.39. The Morgan fingerprint density at radius 3 is 1.32 bits per heavy atom. The molecule has 0 aliphatic carbocycles. The average Bonchev–Trinajstić information content (AvgIpc) is 3.67. The van der Waals surface area contributed by atoms with Gasteiger partial charge in [0.05, 0.1) is 0 Å². The van der Waals surface area contributed by atoms with E-state index < -0.39 is 90.1 Å². The van der Waals surface area contributed by atoms with Crippen LogP contribution in [0, 0.1) is 5.92 Å². The van der Waals surface area contributed by atoms with E-state index in [-0.39, 0.29) is 50.8 Å². The molecule has 0 fully saturated rings. The number of carbonyl (C=O) groups excluding carboxylic acids is 11. The summed E-state index contributed by atoms with van der Waals surface area (Å²) < 4.78 is 15.5. The van der Waals surface area contributed by atoms with Crippen molar-refractivity contribution in [2.45, 2.75) is 72.3 Å². The first-order valence-corrected chi connectivity index (χ1v) is 19.0. The Hall–Kier alpha value is -6.71. The van der Waals surface area contributed by atoms with Gasteiger partial charge in [-0.1, -0.05) is 26.5 Å². The first-order valence-electron chi connectivity index (χ1n) is 19.0. The summed E-state index contributed by atoms with van der Waals surface area (Å²) in [5.74, 6) is -6.80. The number of hydrogen-bond donors (Lipinski definition) is 6. The molecular formula is C38H54N8O14. The molecule has 22 heteroatoms. The smallest absolute Gasteiger partial charge is 0.407 e. The fraction of sp³-hybridized carbons (Fsp3) is 0.500. The summed E-state index contributed by atoms with van der Waals surface area (Å²) in [6.07, 6.45) is 3.44. The monoisotopic (exact) mass is 846 g/mol. The lowest BCUT2D eigenvalue weighted by molar-refractivity contribution is -0.139. The van der Waals surface area contributed by atoms with Gasteiger partial charge in [0.15, 0.2) is 0 Å². The van der Waals surface area contributed by atoms with Crippen LogP contribution in [-0.2, 0) is 57.4 Å². The zero-order chi connectivity index (χ0) is 45.2. The Bertz CT molecular complexity index is 1560. The number of nitrogens with zero attached hydrogens (tertiary/aromatic N) is 2. The highest BCUT2D eigenvalue weighted by Crippen LogP contribution is 2.11. The molecule has 0 saturated heterocycles. The predicted molar refractivity (Wildman–Crippen MR) is 210 cm³/mol. The van der Waals surface area contributed by atoms with Crippen molar-refractivity contribution in [3.63, 3.8) is 0 Å². The topological polar surface area (TPSA) is 294 Å². The molecule has 2 aliphatic heterocycles. The summed E-state index contributed by atoms with van der Waals surface area (Å²) in [4.78, 5) is 131. The van der Waals surface area contributed by atoms with Crippen molar-refractivity contribution in [1.82, 2.24) is 41.7 Å². The SMILES string of the molecule is C=C(NC(=O)CCN1C(=O)C=CC1=O)NC(=O)CC(CC(=O)NC(=C)NC(=O)CCN1C(=O)C=CC1=O)C(C)=O.CCCCOC(COC(=O)NCC)COC(=O)NCC. The Kier molecular flexibility index (Phi) is 23.8. The lowest BCUT2D eigenvalue weighted by atomic mass is 9.96. The third-order valence-corrected chi connectivity index (χ3v) is 7.82. The number of unbranched alkanes of at least 4 members (excludes halogenated alkanes) is 1. The zero-order valence-corrected chi connectivity index (χ0v) is 34.2. The van der Waals surface area contributed by atoms with Gasteiger partial charge in [-0.2, -0.15) is 0 Å². The maximum atomic E-state index is 12.3. The highest BCUT2D eigenvalue weighted by molar-refractivity contribution is 6.13. The minimum Gasteiger partial charge on any atom is -0.447 e. The van der Waals surface area contributed by atoms with E-state index in [1.54, 1.807) is 13.8 Å². The minimum atomic E-state index is -1.05. The Balaban J connectivity index is 0.000000757. The summed E-state index contributed by atoms with van der Waals surface area (Å²) in [6.45, 7) is 15.1. The fourth-order valence-corrected chi connectivity index (χ4v) is 4.77. The van der Waals surface area contributed by atoms with Crippen molar-refractivity contribution < 1.29 is 67.0 Å². The number of imide groups is 2. The highest BCUT2D eigenvalue weighted by atomic mass is 16.6. The molecule has 0 saturated carbocycles. The second kappa shape index (κ2) is 27.8. The number of alkyl carbamates (subject to hydrolysis) is 2. The molecule has 6 N–H and O–H groups in total. The number of carbonyl (C=O) groups is 11. The van der Waals surface area contributed by atoms with Crippen LogP contribution in [0.25, 0.3) is 0 Å². The van der Waals surface area contributed by atoms with E-state index in [2.05, 4.69) is 52.0 Å². The van der Waals surface area contributed by atoms with Crippen LogP contribution in [0.3, 0.4) is 0 Å². The standard InChI is InChI=1S/C25H28N6O9.C13H26N2O5/c1-14(32)17(12-20(35)28-15(2)26-18(33)8-10-30-22(37)4-5-23(30)38)13-21(36)29-16(3)27-19(34)9-11-31-24(39)6-7-25(31)40;1-4-7-8-18-11(9-19-12(16)14-5-2)10-20-13(17)15-6-3/h4-7,17H,2-3,8-13H2,1H3,(H,26,33)(H,27,34)(H,28,35)(H,29,36);11H,4-10H2,1-3H3,(H,14,16)(H,15,17). The molecule has 10 amide bonds. The molecule has 2 heterocycles. The number of Topliss-reactive ketones (excluding diaryl/α,β-unsaturated/α-hetero) is 1. The van der Waals surface area contributed by atoms with Gasteiger partial charge in [0, 0.05) is 88.7 Å². The normalized spacial score (nSPS) is 12.8. The fourth-order valence-electron chi connectivity index (χ4n) is 4.77. The molecule has 2 aliphatic rings. The minimum absolute atomic E-state index is 0.0505. The molecule has 0 aromatic carbocycles. The van der Waals surface area contributed by atoms with Crippen molar-refractivity contribution in [2.24, 2.45) is 5.92 Å². The molecular weight excluding hydrogens is 792 g/mol. The number of ether oxygens (including phenoxy) is 3. The van der Waals surface area contributed by atoms with E-state index in [4.69, 9.17) is 14.2 Å². The van der Waals surface area contributed by atoms with Gasteiger partial charge < -0.3 is 46.1 Å². The van der Waals surface area contributed by atoms with Crippen LogP contribution in [0.5, 0.6) is 0 Å². The number of nitrogens with one attached hydrogen (secondary N) is 6. The van der Waals surface area contributed by atoms with E-state index in [1.807, 2.05) is 0 Å². The van der Waals surface area contributed by atoms with Gasteiger partial charge in [-0.05, 0) is 27.2 Å². The van der Waals surface area contributed by atoms with Gasteiger partial charge >= 0.3 is 12.2 Å². The first kappa shape index (κ1) is 51.3. The quantitative estimate of drug-likeness (QED) is 0.0507. The molecule has 0 spiro atoms. The van der Waals surface area contributed by atoms with Gasteiger partial charge in [0.2, 0.25) is 23.6 Å². The van der Waals surface area contributed by atoms with Crippen molar-refractivity contribution in [3.05, 3.63) is 49.1 Å². The van der Waals surface area contributed by atoms with Crippen LogP contribution in [0.15, 0.2) is 49.1 Å². The Labute approximate surface area is 346 Å². The number of amides is 10. The van der Waals surface area contributed by atoms with E-state index >= 15 is 0 Å². The summed E-state index contributed by atoms with van der Waals surface area (Å²) in [5, 5.41) is 14.2. The number of hydrogen-bond acceptors (Lipinski definition) is 14. The molecule has 0 atom stereocenters. The van der Waals surface area contributed by atoms with Gasteiger partial charge in [-0.3, -0.25) is 53.0 Å². The second-order valence-electron chi connectivity index (χ2n) is 12.8. The van der Waals surface area contributed by atoms with Gasteiger partial charge in [-0.15, -0.1) is 0 Å².